The first-order valence-corrected chi connectivity index (χ1v) is 8.73. The van der Waals surface area contributed by atoms with Gasteiger partial charge in [-0.05, 0) is 12.3 Å². The van der Waals surface area contributed by atoms with Crippen molar-refractivity contribution >= 4 is 0 Å². The van der Waals surface area contributed by atoms with Crippen LogP contribution < -0.4 is 4.57 Å². The van der Waals surface area contributed by atoms with Gasteiger partial charge in [-0.15, -0.1) is 0 Å². The molecule has 0 aromatic carbocycles. The SMILES string of the molecule is CC(C)CCCCCCCCCCC[n+]1ccccc1. The minimum absolute atomic E-state index is 0.887. The zero-order chi connectivity index (χ0) is 14.5. The highest BCUT2D eigenvalue weighted by molar-refractivity contribution is 4.83. The average molecular weight is 276 g/mol. The lowest BCUT2D eigenvalue weighted by atomic mass is 10.0. The molecule has 20 heavy (non-hydrogen) atoms. The van der Waals surface area contributed by atoms with Crippen molar-refractivity contribution < 1.29 is 4.57 Å². The Labute approximate surface area is 126 Å². The summed E-state index contributed by atoms with van der Waals surface area (Å²) in [7, 11) is 0. The molecule has 0 radical (unpaired) electrons. The molecule has 0 amide bonds. The van der Waals surface area contributed by atoms with Gasteiger partial charge in [0.2, 0.25) is 0 Å². The van der Waals surface area contributed by atoms with Gasteiger partial charge in [0, 0.05) is 18.6 Å². The van der Waals surface area contributed by atoms with Crippen molar-refractivity contribution in [1.29, 1.82) is 0 Å². The molecule has 1 nitrogen and oxygen atoms in total. The fourth-order valence-electron chi connectivity index (χ4n) is 2.67. The van der Waals surface area contributed by atoms with E-state index in [4.69, 9.17) is 0 Å². The van der Waals surface area contributed by atoms with Crippen molar-refractivity contribution in [3.05, 3.63) is 30.6 Å². The van der Waals surface area contributed by atoms with Gasteiger partial charge in [0.15, 0.2) is 12.4 Å². The maximum absolute atomic E-state index is 2.33. The quantitative estimate of drug-likeness (QED) is 0.349. The van der Waals surface area contributed by atoms with Crippen LogP contribution in [0.3, 0.4) is 0 Å². The Bertz CT molecular complexity index is 305. The van der Waals surface area contributed by atoms with Crippen molar-refractivity contribution in [3.63, 3.8) is 0 Å². The van der Waals surface area contributed by atoms with Gasteiger partial charge >= 0.3 is 0 Å². The van der Waals surface area contributed by atoms with Crippen molar-refractivity contribution in [2.75, 3.05) is 0 Å². The topological polar surface area (TPSA) is 3.88 Å². The summed E-state index contributed by atoms with van der Waals surface area (Å²) >= 11 is 0. The molecule has 0 unspecified atom stereocenters. The summed E-state index contributed by atoms with van der Waals surface area (Å²) < 4.78 is 2.29. The van der Waals surface area contributed by atoms with Crippen molar-refractivity contribution in [2.45, 2.75) is 84.6 Å². The molecule has 1 rings (SSSR count). The number of nitrogens with zero attached hydrogens (tertiary/aromatic N) is 1. The Balaban J connectivity index is 1.79. The maximum atomic E-state index is 2.33. The van der Waals surface area contributed by atoms with Crippen LogP contribution in [-0.4, -0.2) is 0 Å². The lowest BCUT2D eigenvalue weighted by molar-refractivity contribution is -0.697. The highest BCUT2D eigenvalue weighted by atomic mass is 14.9. The Kier molecular flexibility index (Phi) is 10.3. The van der Waals surface area contributed by atoms with Gasteiger partial charge < -0.3 is 0 Å². The smallest absolute Gasteiger partial charge is 0.168 e. The van der Waals surface area contributed by atoms with E-state index in [1.807, 2.05) is 0 Å². The first-order valence-electron chi connectivity index (χ1n) is 8.73. The molecular formula is C19H34N+. The fourth-order valence-corrected chi connectivity index (χ4v) is 2.67. The molecule has 0 spiro atoms. The Morgan fingerprint density at radius 1 is 0.650 bits per heavy atom. The van der Waals surface area contributed by atoms with Gasteiger partial charge in [-0.1, -0.05) is 71.3 Å². The third-order valence-corrected chi connectivity index (χ3v) is 3.98. The second-order valence-corrected chi connectivity index (χ2v) is 6.48. The molecule has 114 valence electrons. The van der Waals surface area contributed by atoms with Crippen LogP contribution in [0, 0.1) is 5.92 Å². The van der Waals surface area contributed by atoms with E-state index in [9.17, 15) is 0 Å². The third-order valence-electron chi connectivity index (χ3n) is 3.98. The minimum atomic E-state index is 0.887. The largest absolute Gasteiger partial charge is 0.205 e. The molecule has 0 aliphatic rings. The molecule has 0 aliphatic carbocycles. The van der Waals surface area contributed by atoms with Crippen LogP contribution in [0.2, 0.25) is 0 Å². The number of aromatic nitrogens is 1. The third kappa shape index (κ3) is 10.00. The van der Waals surface area contributed by atoms with Crippen LogP contribution in [0.15, 0.2) is 30.6 Å². The predicted molar refractivity (Wildman–Crippen MR) is 87.6 cm³/mol. The lowest BCUT2D eigenvalue weighted by Crippen LogP contribution is -2.32. The number of aryl methyl sites for hydroxylation is 1. The van der Waals surface area contributed by atoms with Crippen LogP contribution in [-0.2, 0) is 6.54 Å². The lowest BCUT2D eigenvalue weighted by Gasteiger charge is -2.04. The molecule has 1 aromatic rings. The first kappa shape index (κ1) is 17.2. The zero-order valence-corrected chi connectivity index (χ0v) is 13.7. The molecule has 0 saturated heterocycles. The van der Waals surface area contributed by atoms with E-state index >= 15 is 0 Å². The number of unbranched alkanes of at least 4 members (excludes halogenated alkanes) is 8. The van der Waals surface area contributed by atoms with Crippen LogP contribution in [0.4, 0.5) is 0 Å². The summed E-state index contributed by atoms with van der Waals surface area (Å²) in [4.78, 5) is 0. The second kappa shape index (κ2) is 11.9. The molecule has 1 heteroatoms. The predicted octanol–water partition coefficient (Wildman–Crippen LogP) is 5.53. The van der Waals surface area contributed by atoms with Gasteiger partial charge in [-0.3, -0.25) is 0 Å². The monoisotopic (exact) mass is 276 g/mol. The Morgan fingerprint density at radius 2 is 1.15 bits per heavy atom. The Hall–Kier alpha value is -0.850. The van der Waals surface area contributed by atoms with Gasteiger partial charge in [0.1, 0.15) is 6.54 Å². The highest BCUT2D eigenvalue weighted by Gasteiger charge is 1.98. The van der Waals surface area contributed by atoms with E-state index in [0.717, 1.165) is 5.92 Å². The Morgan fingerprint density at radius 3 is 1.70 bits per heavy atom. The molecular weight excluding hydrogens is 242 g/mol. The second-order valence-electron chi connectivity index (χ2n) is 6.48. The zero-order valence-electron chi connectivity index (χ0n) is 13.7. The summed E-state index contributed by atoms with van der Waals surface area (Å²) in [6.07, 6.45) is 18.5. The van der Waals surface area contributed by atoms with Gasteiger partial charge in [0.05, 0.1) is 0 Å². The molecule has 0 fully saturated rings. The fraction of sp³-hybridized carbons (Fsp3) is 0.737. The summed E-state index contributed by atoms with van der Waals surface area (Å²) in [6.45, 7) is 5.83. The maximum Gasteiger partial charge on any atom is 0.168 e. The summed E-state index contributed by atoms with van der Waals surface area (Å²) in [5, 5.41) is 0. The molecule has 0 saturated carbocycles. The van der Waals surface area contributed by atoms with E-state index in [1.165, 1.54) is 70.8 Å². The van der Waals surface area contributed by atoms with Gasteiger partial charge in [-0.25, -0.2) is 4.57 Å². The molecule has 1 aromatic heterocycles. The van der Waals surface area contributed by atoms with Crippen LogP contribution in [0.1, 0.15) is 78.1 Å². The molecule has 0 bridgehead atoms. The van der Waals surface area contributed by atoms with Crippen molar-refractivity contribution in [1.82, 2.24) is 0 Å². The first-order chi connectivity index (χ1) is 9.79. The van der Waals surface area contributed by atoms with Gasteiger partial charge in [0.25, 0.3) is 0 Å². The van der Waals surface area contributed by atoms with Crippen molar-refractivity contribution in [2.24, 2.45) is 5.92 Å². The number of rotatable bonds is 12. The number of hydrogen-bond acceptors (Lipinski definition) is 0. The average Bonchev–Trinajstić information content (AvgIpc) is 2.45. The summed E-state index contributed by atoms with van der Waals surface area (Å²) in [5.74, 6) is 0.887. The summed E-state index contributed by atoms with van der Waals surface area (Å²) in [6, 6.07) is 6.30. The number of pyridine rings is 1. The molecule has 0 atom stereocenters. The standard InChI is InChI=1S/C19H34N/c1-19(2)15-11-8-6-4-3-5-7-9-12-16-20-17-13-10-14-18-20/h10,13-14,17-19H,3-9,11-12,15-16H2,1-2H3/q+1. The normalized spacial score (nSPS) is 11.2. The van der Waals surface area contributed by atoms with Crippen LogP contribution >= 0.6 is 0 Å². The highest BCUT2D eigenvalue weighted by Crippen LogP contribution is 2.12. The molecule has 0 aliphatic heterocycles. The minimum Gasteiger partial charge on any atom is -0.205 e. The van der Waals surface area contributed by atoms with E-state index < -0.39 is 0 Å². The van der Waals surface area contributed by atoms with Gasteiger partial charge in [-0.2, -0.15) is 0 Å². The van der Waals surface area contributed by atoms with Crippen LogP contribution in [0.25, 0.3) is 0 Å². The van der Waals surface area contributed by atoms with E-state index in [2.05, 4.69) is 49.0 Å². The van der Waals surface area contributed by atoms with Crippen LogP contribution in [0.5, 0.6) is 0 Å². The number of hydrogen-bond donors (Lipinski definition) is 0. The molecule has 1 heterocycles. The molecule has 0 N–H and O–H groups in total. The van der Waals surface area contributed by atoms with E-state index in [0.29, 0.717) is 0 Å². The van der Waals surface area contributed by atoms with E-state index in [-0.39, 0.29) is 0 Å². The van der Waals surface area contributed by atoms with Crippen molar-refractivity contribution in [3.8, 4) is 0 Å². The van der Waals surface area contributed by atoms with E-state index in [1.54, 1.807) is 0 Å². The summed E-state index contributed by atoms with van der Waals surface area (Å²) in [5.41, 5.74) is 0.